The molecule has 0 bridgehead atoms. The molecule has 3 aliphatic rings. The van der Waals surface area contributed by atoms with Gasteiger partial charge < -0.3 is 15.4 Å². The summed E-state index contributed by atoms with van der Waals surface area (Å²) in [7, 11) is 0. The van der Waals surface area contributed by atoms with E-state index in [2.05, 4.69) is 0 Å². The van der Waals surface area contributed by atoms with Gasteiger partial charge in [-0.25, -0.2) is 9.69 Å². The second kappa shape index (κ2) is 6.04. The molecule has 1 aliphatic carbocycles. The predicted molar refractivity (Wildman–Crippen MR) is 94.0 cm³/mol. The molecule has 2 amide bonds. The van der Waals surface area contributed by atoms with Gasteiger partial charge in [-0.3, -0.25) is 10.2 Å². The Morgan fingerprint density at radius 2 is 2.00 bits per heavy atom. The third-order valence-electron chi connectivity index (χ3n) is 5.39. The van der Waals surface area contributed by atoms with E-state index in [0.29, 0.717) is 30.8 Å². The molecule has 1 unspecified atom stereocenters. The Balaban J connectivity index is 1.90. The molecule has 138 valence electrons. The summed E-state index contributed by atoms with van der Waals surface area (Å²) in [5, 5.41) is 8.52. The van der Waals surface area contributed by atoms with Crippen LogP contribution in [0.5, 0.6) is 0 Å². The number of nitrogens with one attached hydrogen (secondary N) is 1. The molecule has 0 radical (unpaired) electrons. The van der Waals surface area contributed by atoms with Gasteiger partial charge >= 0.3 is 6.09 Å². The minimum atomic E-state index is -0.853. The molecule has 3 N–H and O–H groups in total. The fourth-order valence-electron chi connectivity index (χ4n) is 4.32. The minimum Gasteiger partial charge on any atom is -0.443 e. The molecule has 7 nitrogen and oxygen atoms in total. The van der Waals surface area contributed by atoms with Crippen LogP contribution >= 0.6 is 0 Å². The second-order valence-corrected chi connectivity index (χ2v) is 8.24. The van der Waals surface area contributed by atoms with Crippen LogP contribution in [-0.4, -0.2) is 51.4 Å². The van der Waals surface area contributed by atoms with Crippen LogP contribution in [0.4, 0.5) is 4.79 Å². The Morgan fingerprint density at radius 1 is 1.36 bits per heavy atom. The molecule has 3 fully saturated rings. The van der Waals surface area contributed by atoms with E-state index in [1.807, 2.05) is 4.90 Å². The molecule has 2 heterocycles. The molecule has 0 aromatic heterocycles. The molecular weight excluding hydrogens is 320 g/mol. The van der Waals surface area contributed by atoms with Crippen molar-refractivity contribution in [2.24, 2.45) is 5.73 Å². The lowest BCUT2D eigenvalue weighted by atomic mass is 9.91. The molecule has 3 rings (SSSR count). The first kappa shape index (κ1) is 17.8. The number of imide groups is 1. The zero-order valence-electron chi connectivity index (χ0n) is 15.3. The first-order chi connectivity index (χ1) is 11.7. The van der Waals surface area contributed by atoms with E-state index in [-0.39, 0.29) is 11.9 Å². The second-order valence-electron chi connectivity index (χ2n) is 8.24. The lowest BCUT2D eigenvalue weighted by Crippen LogP contribution is -2.55. The maximum Gasteiger partial charge on any atom is 0.417 e. The van der Waals surface area contributed by atoms with Crippen molar-refractivity contribution >= 4 is 17.8 Å². The monoisotopic (exact) mass is 348 g/mol. The fourth-order valence-corrected chi connectivity index (χ4v) is 4.32. The maximum atomic E-state index is 13.2. The van der Waals surface area contributed by atoms with Crippen LogP contribution in [0.2, 0.25) is 0 Å². The molecule has 25 heavy (non-hydrogen) atoms. The minimum absolute atomic E-state index is 0.174. The molecule has 2 saturated heterocycles. The molecular formula is C18H28N4O3. The van der Waals surface area contributed by atoms with Gasteiger partial charge in [0.1, 0.15) is 17.0 Å². The van der Waals surface area contributed by atoms with E-state index >= 15 is 0 Å². The zero-order chi connectivity index (χ0) is 18.4. The van der Waals surface area contributed by atoms with Gasteiger partial charge in [-0.15, -0.1) is 0 Å². The van der Waals surface area contributed by atoms with Gasteiger partial charge in [-0.05, 0) is 40.0 Å². The fraction of sp³-hybridized carbons (Fsp3) is 0.722. The van der Waals surface area contributed by atoms with Crippen molar-refractivity contribution in [3.63, 3.8) is 0 Å². The number of ether oxygens (including phenoxy) is 1. The summed E-state index contributed by atoms with van der Waals surface area (Å²) >= 11 is 0. The SMILES string of the molecule is CC(C)(C)OC(=O)N1CCC2(C/C(=C/N)C(=N)N2C2CCCC2)C1=O. The van der Waals surface area contributed by atoms with Gasteiger partial charge in [-0.1, -0.05) is 12.8 Å². The van der Waals surface area contributed by atoms with E-state index in [1.54, 1.807) is 20.8 Å². The quantitative estimate of drug-likeness (QED) is 0.758. The number of amides is 2. The number of rotatable bonds is 1. The summed E-state index contributed by atoms with van der Waals surface area (Å²) in [4.78, 5) is 28.9. The summed E-state index contributed by atoms with van der Waals surface area (Å²) < 4.78 is 5.39. The normalized spacial score (nSPS) is 29.5. The molecule has 0 aromatic rings. The highest BCUT2D eigenvalue weighted by molar-refractivity contribution is 6.09. The zero-order valence-corrected chi connectivity index (χ0v) is 15.3. The number of likely N-dealkylation sites (tertiary alicyclic amines) is 2. The molecule has 2 aliphatic heterocycles. The predicted octanol–water partition coefficient (Wildman–Crippen LogP) is 2.36. The topological polar surface area (TPSA) is 99.7 Å². The van der Waals surface area contributed by atoms with Crippen molar-refractivity contribution in [3.8, 4) is 0 Å². The first-order valence-electron chi connectivity index (χ1n) is 9.03. The summed E-state index contributed by atoms with van der Waals surface area (Å²) in [6.07, 6.45) is 5.91. The average Bonchev–Trinajstić information content (AvgIpc) is 3.19. The summed E-state index contributed by atoms with van der Waals surface area (Å²) in [6.45, 7) is 5.67. The number of hydrogen-bond donors (Lipinski definition) is 2. The smallest absolute Gasteiger partial charge is 0.417 e. The van der Waals surface area contributed by atoms with Crippen molar-refractivity contribution in [1.82, 2.24) is 9.80 Å². The molecule has 1 spiro atoms. The Bertz CT molecular complexity index is 631. The third-order valence-corrected chi connectivity index (χ3v) is 5.39. The van der Waals surface area contributed by atoms with Crippen molar-refractivity contribution in [3.05, 3.63) is 11.8 Å². The van der Waals surface area contributed by atoms with Gasteiger partial charge in [-0.2, -0.15) is 0 Å². The number of nitrogens with two attached hydrogens (primary N) is 1. The van der Waals surface area contributed by atoms with E-state index < -0.39 is 17.2 Å². The van der Waals surface area contributed by atoms with Crippen molar-refractivity contribution in [1.29, 1.82) is 5.41 Å². The van der Waals surface area contributed by atoms with Crippen molar-refractivity contribution in [2.75, 3.05) is 6.54 Å². The number of nitrogens with zero attached hydrogens (tertiary/aromatic N) is 2. The number of carbonyl (C=O) groups is 2. The molecule has 1 saturated carbocycles. The van der Waals surface area contributed by atoms with Gasteiger partial charge in [0, 0.05) is 30.8 Å². The van der Waals surface area contributed by atoms with E-state index in [9.17, 15) is 9.59 Å². The average molecular weight is 348 g/mol. The number of amidine groups is 1. The summed E-state index contributed by atoms with van der Waals surface area (Å²) in [5.74, 6) is 0.0871. The van der Waals surface area contributed by atoms with E-state index in [4.69, 9.17) is 15.9 Å². The van der Waals surface area contributed by atoms with Crippen LogP contribution in [-0.2, 0) is 9.53 Å². The van der Waals surface area contributed by atoms with Crippen molar-refractivity contribution in [2.45, 2.75) is 76.5 Å². The van der Waals surface area contributed by atoms with Crippen LogP contribution < -0.4 is 5.73 Å². The molecule has 0 aromatic carbocycles. The third kappa shape index (κ3) is 2.89. The maximum absolute atomic E-state index is 13.2. The van der Waals surface area contributed by atoms with Crippen molar-refractivity contribution < 1.29 is 14.3 Å². The van der Waals surface area contributed by atoms with E-state index in [0.717, 1.165) is 25.7 Å². The van der Waals surface area contributed by atoms with Gasteiger partial charge in [0.2, 0.25) is 0 Å². The Labute approximate surface area is 148 Å². The van der Waals surface area contributed by atoms with Gasteiger partial charge in [0.05, 0.1) is 0 Å². The molecule has 1 atom stereocenters. The number of hydrogen-bond acceptors (Lipinski definition) is 5. The Hall–Kier alpha value is -2.05. The largest absolute Gasteiger partial charge is 0.443 e. The Morgan fingerprint density at radius 3 is 2.56 bits per heavy atom. The van der Waals surface area contributed by atoms with Crippen LogP contribution in [0.3, 0.4) is 0 Å². The van der Waals surface area contributed by atoms with Crippen LogP contribution in [0.25, 0.3) is 0 Å². The van der Waals surface area contributed by atoms with Crippen LogP contribution in [0.15, 0.2) is 11.8 Å². The highest BCUT2D eigenvalue weighted by atomic mass is 16.6. The number of carbonyl (C=O) groups excluding carboxylic acids is 2. The summed E-state index contributed by atoms with van der Waals surface area (Å²) in [5.41, 5.74) is 4.90. The van der Waals surface area contributed by atoms with Crippen LogP contribution in [0, 0.1) is 5.41 Å². The van der Waals surface area contributed by atoms with E-state index in [1.165, 1.54) is 11.1 Å². The first-order valence-corrected chi connectivity index (χ1v) is 9.03. The highest BCUT2D eigenvalue weighted by Crippen LogP contribution is 2.45. The Kier molecular flexibility index (Phi) is 4.29. The summed E-state index contributed by atoms with van der Waals surface area (Å²) in [6, 6.07) is 0.174. The van der Waals surface area contributed by atoms with Gasteiger partial charge in [0.15, 0.2) is 0 Å². The lowest BCUT2D eigenvalue weighted by molar-refractivity contribution is -0.135. The molecule has 7 heteroatoms. The standard InChI is InChI=1S/C18H28N4O3/c1-17(2,3)25-16(24)21-9-8-18(15(21)23)10-12(11-19)14(20)22(18)13-6-4-5-7-13/h11,13,20H,4-10,19H2,1-3H3/b12-11-,20-14?. The highest BCUT2D eigenvalue weighted by Gasteiger charge is 2.60. The van der Waals surface area contributed by atoms with Gasteiger partial charge in [0.25, 0.3) is 5.91 Å². The lowest BCUT2D eigenvalue weighted by Gasteiger charge is -2.38. The van der Waals surface area contributed by atoms with Crippen LogP contribution in [0.1, 0.15) is 59.3 Å².